The van der Waals surface area contributed by atoms with Crippen molar-refractivity contribution in [2.45, 2.75) is 26.7 Å². The molecule has 0 saturated heterocycles. The highest BCUT2D eigenvalue weighted by Gasteiger charge is 2.15. The number of halogens is 2. The summed E-state index contributed by atoms with van der Waals surface area (Å²) >= 11 is 12.2. The maximum Gasteiger partial charge on any atom is 0.256 e. The van der Waals surface area contributed by atoms with E-state index in [4.69, 9.17) is 23.2 Å². The molecule has 0 radical (unpaired) electrons. The van der Waals surface area contributed by atoms with Gasteiger partial charge in [0.05, 0.1) is 21.3 Å². The largest absolute Gasteiger partial charge is 0.339 e. The van der Waals surface area contributed by atoms with Crippen molar-refractivity contribution in [2.75, 3.05) is 18.4 Å². The molecule has 0 aliphatic carbocycles. The molecule has 5 nitrogen and oxygen atoms in total. The lowest BCUT2D eigenvalue weighted by Gasteiger charge is -2.21. The smallest absolute Gasteiger partial charge is 0.256 e. The van der Waals surface area contributed by atoms with Gasteiger partial charge in [0.2, 0.25) is 5.95 Å². The summed E-state index contributed by atoms with van der Waals surface area (Å²) in [6.07, 6.45) is 4.86. The molecule has 24 heavy (non-hydrogen) atoms. The summed E-state index contributed by atoms with van der Waals surface area (Å²) in [7, 11) is 0. The second-order valence-electron chi connectivity index (χ2n) is 5.31. The Morgan fingerprint density at radius 2 is 1.62 bits per heavy atom. The maximum atomic E-state index is 12.5. The number of hydrogen-bond donors (Lipinski definition) is 1. The molecule has 0 aliphatic heterocycles. The van der Waals surface area contributed by atoms with Crippen LogP contribution in [0.5, 0.6) is 0 Å². The Hall–Kier alpha value is -1.85. The van der Waals surface area contributed by atoms with E-state index in [1.54, 1.807) is 18.2 Å². The minimum absolute atomic E-state index is 0.0546. The molecule has 0 saturated carbocycles. The van der Waals surface area contributed by atoms with E-state index in [-0.39, 0.29) is 5.91 Å². The molecule has 2 aromatic rings. The van der Waals surface area contributed by atoms with Crippen LogP contribution in [-0.2, 0) is 0 Å². The molecule has 128 valence electrons. The third-order valence-electron chi connectivity index (χ3n) is 3.37. The van der Waals surface area contributed by atoms with Crippen LogP contribution < -0.4 is 5.32 Å². The molecule has 1 aromatic heterocycles. The van der Waals surface area contributed by atoms with E-state index in [0.29, 0.717) is 27.2 Å². The lowest BCUT2D eigenvalue weighted by atomic mass is 10.2. The van der Waals surface area contributed by atoms with Gasteiger partial charge in [0.25, 0.3) is 5.91 Å². The number of benzene rings is 1. The molecule has 0 aliphatic rings. The number of hydrogen-bond acceptors (Lipinski definition) is 4. The van der Waals surface area contributed by atoms with E-state index in [9.17, 15) is 4.79 Å². The van der Waals surface area contributed by atoms with Gasteiger partial charge in [0.1, 0.15) is 0 Å². The lowest BCUT2D eigenvalue weighted by Crippen LogP contribution is -2.32. The summed E-state index contributed by atoms with van der Waals surface area (Å²) in [6.45, 7) is 5.55. The number of carbonyl (C=O) groups excluding carboxylic acids is 1. The highest BCUT2D eigenvalue weighted by atomic mass is 35.5. The predicted octanol–water partition coefficient (Wildman–Crippen LogP) is 4.79. The Morgan fingerprint density at radius 3 is 2.12 bits per heavy atom. The van der Waals surface area contributed by atoms with Gasteiger partial charge in [-0.25, -0.2) is 9.97 Å². The van der Waals surface area contributed by atoms with Crippen LogP contribution >= 0.6 is 23.2 Å². The molecule has 1 N–H and O–H groups in total. The Morgan fingerprint density at radius 1 is 1.08 bits per heavy atom. The summed E-state index contributed by atoms with van der Waals surface area (Å²) in [4.78, 5) is 22.7. The van der Waals surface area contributed by atoms with Crippen molar-refractivity contribution in [3.05, 3.63) is 46.2 Å². The van der Waals surface area contributed by atoms with Crippen LogP contribution in [0.3, 0.4) is 0 Å². The van der Waals surface area contributed by atoms with Crippen LogP contribution in [0.15, 0.2) is 30.6 Å². The molecule has 0 fully saturated rings. The fourth-order valence-electron chi connectivity index (χ4n) is 2.27. The fraction of sp³-hybridized carbons (Fsp3) is 0.353. The first-order chi connectivity index (χ1) is 11.6. The molecule has 0 spiro atoms. The zero-order chi connectivity index (χ0) is 17.5. The number of nitrogens with zero attached hydrogens (tertiary/aromatic N) is 3. The molecule has 1 aromatic carbocycles. The van der Waals surface area contributed by atoms with Gasteiger partial charge in [-0.15, -0.1) is 0 Å². The first kappa shape index (κ1) is 18.5. The van der Waals surface area contributed by atoms with E-state index in [2.05, 4.69) is 15.3 Å². The van der Waals surface area contributed by atoms with Gasteiger partial charge in [-0.05, 0) is 25.0 Å². The molecule has 0 unspecified atom stereocenters. The molecule has 0 bridgehead atoms. The quantitative estimate of drug-likeness (QED) is 0.765. The monoisotopic (exact) mass is 366 g/mol. The Labute approximate surface area is 152 Å². The van der Waals surface area contributed by atoms with Crippen LogP contribution in [0.25, 0.3) is 0 Å². The van der Waals surface area contributed by atoms with Gasteiger partial charge in [0.15, 0.2) is 0 Å². The predicted molar refractivity (Wildman–Crippen MR) is 98.3 cm³/mol. The topological polar surface area (TPSA) is 58.1 Å². The van der Waals surface area contributed by atoms with Gasteiger partial charge in [-0.1, -0.05) is 43.1 Å². The maximum absolute atomic E-state index is 12.5. The number of carbonyl (C=O) groups is 1. The van der Waals surface area contributed by atoms with Crippen molar-refractivity contribution in [3.8, 4) is 0 Å². The average molecular weight is 367 g/mol. The Balaban J connectivity index is 2.14. The molecule has 1 heterocycles. The van der Waals surface area contributed by atoms with Crippen molar-refractivity contribution in [2.24, 2.45) is 0 Å². The van der Waals surface area contributed by atoms with Crippen molar-refractivity contribution >= 4 is 40.7 Å². The molecule has 2 rings (SSSR count). The van der Waals surface area contributed by atoms with Crippen molar-refractivity contribution in [1.82, 2.24) is 14.9 Å². The van der Waals surface area contributed by atoms with Gasteiger partial charge >= 0.3 is 0 Å². The number of para-hydroxylation sites is 1. The standard InChI is InChI=1S/C17H20Cl2N4O/c1-3-8-23(9-4-2)16(24)12-10-20-17(21-11-12)22-15-13(18)6-5-7-14(15)19/h5-7,10-11H,3-4,8-9H2,1-2H3,(H,20,21,22). The minimum atomic E-state index is -0.0546. The van der Waals surface area contributed by atoms with Gasteiger partial charge in [-0.3, -0.25) is 4.79 Å². The Bertz CT molecular complexity index is 665. The number of aromatic nitrogens is 2. The molecule has 7 heteroatoms. The van der Waals surface area contributed by atoms with Crippen LogP contribution in [0, 0.1) is 0 Å². The average Bonchev–Trinajstić information content (AvgIpc) is 2.58. The van der Waals surface area contributed by atoms with Crippen LogP contribution in [-0.4, -0.2) is 33.9 Å². The normalized spacial score (nSPS) is 10.5. The van der Waals surface area contributed by atoms with E-state index < -0.39 is 0 Å². The van der Waals surface area contributed by atoms with Crippen molar-refractivity contribution in [1.29, 1.82) is 0 Å². The van der Waals surface area contributed by atoms with Crippen molar-refractivity contribution in [3.63, 3.8) is 0 Å². The molecular weight excluding hydrogens is 347 g/mol. The van der Waals surface area contributed by atoms with Gasteiger partial charge in [-0.2, -0.15) is 0 Å². The minimum Gasteiger partial charge on any atom is -0.339 e. The van der Waals surface area contributed by atoms with Crippen LogP contribution in [0.2, 0.25) is 10.0 Å². The summed E-state index contributed by atoms with van der Waals surface area (Å²) < 4.78 is 0. The second-order valence-corrected chi connectivity index (χ2v) is 6.12. The third-order valence-corrected chi connectivity index (χ3v) is 4.00. The zero-order valence-corrected chi connectivity index (χ0v) is 15.2. The Kier molecular flexibility index (Phi) is 6.82. The molecule has 0 atom stereocenters. The highest BCUT2D eigenvalue weighted by Crippen LogP contribution is 2.31. The van der Waals surface area contributed by atoms with Crippen LogP contribution in [0.1, 0.15) is 37.0 Å². The summed E-state index contributed by atoms with van der Waals surface area (Å²) in [5.74, 6) is 0.278. The lowest BCUT2D eigenvalue weighted by molar-refractivity contribution is 0.0755. The number of nitrogens with one attached hydrogen (secondary N) is 1. The van der Waals surface area contributed by atoms with Crippen molar-refractivity contribution < 1.29 is 4.79 Å². The second kappa shape index (κ2) is 8.85. The highest BCUT2D eigenvalue weighted by molar-refractivity contribution is 6.39. The summed E-state index contributed by atoms with van der Waals surface area (Å²) in [5, 5.41) is 3.93. The van der Waals surface area contributed by atoms with E-state index >= 15 is 0 Å². The van der Waals surface area contributed by atoms with E-state index in [1.807, 2.05) is 18.7 Å². The number of amides is 1. The summed E-state index contributed by atoms with van der Waals surface area (Å²) in [5.41, 5.74) is 1.01. The first-order valence-electron chi connectivity index (χ1n) is 7.89. The zero-order valence-electron chi connectivity index (χ0n) is 13.7. The van der Waals surface area contributed by atoms with E-state index in [0.717, 1.165) is 25.9 Å². The number of rotatable bonds is 7. The SMILES string of the molecule is CCCN(CCC)C(=O)c1cnc(Nc2c(Cl)cccc2Cl)nc1. The van der Waals surface area contributed by atoms with E-state index in [1.165, 1.54) is 12.4 Å². The molecule has 1 amide bonds. The number of anilines is 2. The van der Waals surface area contributed by atoms with Gasteiger partial charge < -0.3 is 10.2 Å². The fourth-order valence-corrected chi connectivity index (χ4v) is 2.76. The summed E-state index contributed by atoms with van der Waals surface area (Å²) in [6, 6.07) is 5.20. The van der Waals surface area contributed by atoms with Gasteiger partial charge in [0, 0.05) is 25.5 Å². The third kappa shape index (κ3) is 4.58. The van der Waals surface area contributed by atoms with Crippen LogP contribution in [0.4, 0.5) is 11.6 Å². The first-order valence-corrected chi connectivity index (χ1v) is 8.64. The molecular formula is C17H20Cl2N4O.